The SMILES string of the molecule is CC1(c2ccncc2)NC(=O)N(Cc2cccnc2)C1=O. The van der Waals surface area contributed by atoms with Crippen molar-refractivity contribution < 1.29 is 9.59 Å². The zero-order valence-electron chi connectivity index (χ0n) is 11.5. The van der Waals surface area contributed by atoms with E-state index < -0.39 is 11.6 Å². The van der Waals surface area contributed by atoms with Crippen LogP contribution in [-0.4, -0.2) is 26.8 Å². The summed E-state index contributed by atoms with van der Waals surface area (Å²) >= 11 is 0. The van der Waals surface area contributed by atoms with Gasteiger partial charge in [0, 0.05) is 24.8 Å². The first-order chi connectivity index (χ1) is 10.1. The third-order valence-electron chi connectivity index (χ3n) is 3.60. The topological polar surface area (TPSA) is 75.2 Å². The monoisotopic (exact) mass is 282 g/mol. The van der Waals surface area contributed by atoms with E-state index in [4.69, 9.17) is 0 Å². The molecule has 0 aliphatic carbocycles. The van der Waals surface area contributed by atoms with Crippen LogP contribution in [0, 0.1) is 0 Å². The summed E-state index contributed by atoms with van der Waals surface area (Å²) in [4.78, 5) is 33.9. The van der Waals surface area contributed by atoms with Gasteiger partial charge in [-0.05, 0) is 36.2 Å². The van der Waals surface area contributed by atoms with Gasteiger partial charge in [0.1, 0.15) is 5.54 Å². The van der Waals surface area contributed by atoms with Gasteiger partial charge in [0.25, 0.3) is 5.91 Å². The summed E-state index contributed by atoms with van der Waals surface area (Å²) in [6, 6.07) is 6.66. The van der Waals surface area contributed by atoms with Gasteiger partial charge in [-0.3, -0.25) is 19.7 Å². The predicted molar refractivity (Wildman–Crippen MR) is 74.9 cm³/mol. The Kier molecular flexibility index (Phi) is 3.13. The fraction of sp³-hybridized carbons (Fsp3) is 0.200. The van der Waals surface area contributed by atoms with Crippen molar-refractivity contribution >= 4 is 11.9 Å². The van der Waals surface area contributed by atoms with Crippen LogP contribution in [0.15, 0.2) is 49.1 Å². The summed E-state index contributed by atoms with van der Waals surface area (Å²) in [7, 11) is 0. The number of pyridine rings is 2. The molecular formula is C15H14N4O2. The summed E-state index contributed by atoms with van der Waals surface area (Å²) in [5.41, 5.74) is 0.465. The first-order valence-corrected chi connectivity index (χ1v) is 6.55. The lowest BCUT2D eigenvalue weighted by Gasteiger charge is -2.21. The number of amides is 3. The van der Waals surface area contributed by atoms with Crippen LogP contribution in [0.5, 0.6) is 0 Å². The summed E-state index contributed by atoms with van der Waals surface area (Å²) in [6.07, 6.45) is 6.49. The van der Waals surface area contributed by atoms with Gasteiger partial charge in [0.15, 0.2) is 0 Å². The Bertz CT molecular complexity index is 675. The molecule has 1 aliphatic rings. The Labute approximate surface area is 121 Å². The summed E-state index contributed by atoms with van der Waals surface area (Å²) in [5, 5.41) is 2.76. The average molecular weight is 282 g/mol. The van der Waals surface area contributed by atoms with Gasteiger partial charge >= 0.3 is 6.03 Å². The highest BCUT2D eigenvalue weighted by Crippen LogP contribution is 2.29. The smallest absolute Gasteiger partial charge is 0.319 e. The van der Waals surface area contributed by atoms with Gasteiger partial charge in [-0.2, -0.15) is 0 Å². The van der Waals surface area contributed by atoms with Crippen LogP contribution in [0.25, 0.3) is 0 Å². The molecule has 3 amide bonds. The van der Waals surface area contributed by atoms with Crippen LogP contribution in [0.4, 0.5) is 4.79 Å². The molecule has 3 rings (SSSR count). The highest BCUT2D eigenvalue weighted by Gasteiger charge is 2.48. The van der Waals surface area contributed by atoms with Crippen molar-refractivity contribution in [1.82, 2.24) is 20.2 Å². The number of hydrogen-bond donors (Lipinski definition) is 1. The Morgan fingerprint density at radius 2 is 1.90 bits per heavy atom. The number of imide groups is 1. The average Bonchev–Trinajstić information content (AvgIpc) is 2.74. The predicted octanol–water partition coefficient (Wildman–Crippen LogP) is 1.44. The van der Waals surface area contributed by atoms with Crippen LogP contribution in [0.2, 0.25) is 0 Å². The number of nitrogens with one attached hydrogen (secondary N) is 1. The van der Waals surface area contributed by atoms with Gasteiger partial charge in [-0.15, -0.1) is 0 Å². The van der Waals surface area contributed by atoms with Gasteiger partial charge in [-0.25, -0.2) is 4.79 Å². The molecule has 6 heteroatoms. The molecule has 0 saturated carbocycles. The van der Waals surface area contributed by atoms with E-state index in [1.54, 1.807) is 49.9 Å². The Hall–Kier alpha value is -2.76. The normalized spacial score (nSPS) is 21.5. The molecule has 0 aromatic carbocycles. The van der Waals surface area contributed by atoms with Crippen molar-refractivity contribution in [3.63, 3.8) is 0 Å². The molecule has 106 valence electrons. The van der Waals surface area contributed by atoms with Crippen molar-refractivity contribution in [2.24, 2.45) is 0 Å². The van der Waals surface area contributed by atoms with E-state index in [1.165, 1.54) is 4.90 Å². The Morgan fingerprint density at radius 1 is 1.14 bits per heavy atom. The summed E-state index contributed by atoms with van der Waals surface area (Å²) in [6.45, 7) is 1.91. The molecule has 2 aromatic heterocycles. The number of rotatable bonds is 3. The fourth-order valence-electron chi connectivity index (χ4n) is 2.40. The van der Waals surface area contributed by atoms with Gasteiger partial charge in [-0.1, -0.05) is 6.07 Å². The number of carbonyl (C=O) groups excluding carboxylic acids is 2. The number of carbonyl (C=O) groups is 2. The quantitative estimate of drug-likeness (QED) is 0.864. The number of aromatic nitrogens is 2. The molecule has 2 aromatic rings. The van der Waals surface area contributed by atoms with Crippen molar-refractivity contribution in [2.75, 3.05) is 0 Å². The maximum atomic E-state index is 12.6. The van der Waals surface area contributed by atoms with E-state index in [9.17, 15) is 9.59 Å². The Balaban J connectivity index is 1.89. The number of nitrogens with zero attached hydrogens (tertiary/aromatic N) is 3. The van der Waals surface area contributed by atoms with E-state index >= 15 is 0 Å². The lowest BCUT2D eigenvalue weighted by Crippen LogP contribution is -2.40. The number of hydrogen-bond acceptors (Lipinski definition) is 4. The van der Waals surface area contributed by atoms with Crippen LogP contribution in [0.3, 0.4) is 0 Å². The molecule has 1 N–H and O–H groups in total. The van der Waals surface area contributed by atoms with Crippen LogP contribution in [0.1, 0.15) is 18.1 Å². The van der Waals surface area contributed by atoms with Crippen LogP contribution < -0.4 is 5.32 Å². The first kappa shape index (κ1) is 13.2. The molecular weight excluding hydrogens is 268 g/mol. The van der Waals surface area contributed by atoms with Crippen molar-refractivity contribution in [1.29, 1.82) is 0 Å². The van der Waals surface area contributed by atoms with Gasteiger partial charge in [0.05, 0.1) is 6.54 Å². The zero-order valence-corrected chi connectivity index (χ0v) is 11.5. The lowest BCUT2D eigenvalue weighted by atomic mass is 9.93. The van der Waals surface area contributed by atoms with Crippen molar-refractivity contribution in [3.8, 4) is 0 Å². The second-order valence-electron chi connectivity index (χ2n) is 5.04. The first-order valence-electron chi connectivity index (χ1n) is 6.55. The van der Waals surface area contributed by atoms with Gasteiger partial charge < -0.3 is 5.32 Å². The molecule has 1 unspecified atom stereocenters. The summed E-state index contributed by atoms with van der Waals surface area (Å²) in [5.74, 6) is -0.275. The Morgan fingerprint density at radius 3 is 2.57 bits per heavy atom. The molecule has 3 heterocycles. The molecule has 21 heavy (non-hydrogen) atoms. The number of urea groups is 1. The maximum absolute atomic E-state index is 12.6. The second-order valence-corrected chi connectivity index (χ2v) is 5.04. The van der Waals surface area contributed by atoms with E-state index in [2.05, 4.69) is 15.3 Å². The van der Waals surface area contributed by atoms with Crippen molar-refractivity contribution in [2.45, 2.75) is 19.0 Å². The van der Waals surface area contributed by atoms with Crippen molar-refractivity contribution in [3.05, 3.63) is 60.2 Å². The molecule has 0 radical (unpaired) electrons. The molecule has 6 nitrogen and oxygen atoms in total. The molecule has 1 atom stereocenters. The van der Waals surface area contributed by atoms with E-state index in [1.807, 2.05) is 6.07 Å². The van der Waals surface area contributed by atoms with Gasteiger partial charge in [0.2, 0.25) is 0 Å². The lowest BCUT2D eigenvalue weighted by molar-refractivity contribution is -0.131. The molecule has 0 bridgehead atoms. The minimum Gasteiger partial charge on any atom is -0.319 e. The zero-order chi connectivity index (χ0) is 14.9. The standard InChI is InChI=1S/C15H14N4O2/c1-15(12-4-7-16-8-5-12)13(20)19(14(21)18-15)10-11-3-2-6-17-9-11/h2-9H,10H2,1H3,(H,18,21). The van der Waals surface area contributed by atoms with Crippen LogP contribution in [-0.2, 0) is 16.9 Å². The van der Waals surface area contributed by atoms with E-state index in [0.29, 0.717) is 5.56 Å². The third kappa shape index (κ3) is 2.24. The molecule has 1 aliphatic heterocycles. The van der Waals surface area contributed by atoms with E-state index in [-0.39, 0.29) is 12.5 Å². The third-order valence-corrected chi connectivity index (χ3v) is 3.60. The molecule has 0 spiro atoms. The van der Waals surface area contributed by atoms with Crippen LogP contribution >= 0.6 is 0 Å². The maximum Gasteiger partial charge on any atom is 0.325 e. The van der Waals surface area contributed by atoms with E-state index in [0.717, 1.165) is 5.56 Å². The molecule has 1 saturated heterocycles. The minimum absolute atomic E-state index is 0.208. The fourth-order valence-corrected chi connectivity index (χ4v) is 2.40. The highest BCUT2D eigenvalue weighted by molar-refractivity contribution is 6.07. The minimum atomic E-state index is -1.05. The largest absolute Gasteiger partial charge is 0.325 e. The second kappa shape index (κ2) is 4.97. The summed E-state index contributed by atoms with van der Waals surface area (Å²) < 4.78 is 0. The molecule has 1 fully saturated rings. The highest BCUT2D eigenvalue weighted by atomic mass is 16.2.